The van der Waals surface area contributed by atoms with E-state index >= 15 is 0 Å². The molecule has 0 radical (unpaired) electrons. The molecule has 4 aromatic carbocycles. The van der Waals surface area contributed by atoms with Gasteiger partial charge in [0.1, 0.15) is 17.5 Å². The van der Waals surface area contributed by atoms with Gasteiger partial charge in [-0.2, -0.15) is 5.26 Å². The van der Waals surface area contributed by atoms with Gasteiger partial charge in [-0.05, 0) is 60.2 Å². The van der Waals surface area contributed by atoms with E-state index in [-0.39, 0.29) is 25.1 Å². The molecule has 6 rings (SSSR count). The van der Waals surface area contributed by atoms with Gasteiger partial charge in [0.2, 0.25) is 6.79 Å². The second-order valence-corrected chi connectivity index (χ2v) is 10.8. The van der Waals surface area contributed by atoms with Crippen LogP contribution in [0.5, 0.6) is 17.2 Å². The molecular weight excluding hydrogens is 564 g/mol. The van der Waals surface area contributed by atoms with Gasteiger partial charge in [0.25, 0.3) is 0 Å². The number of carbonyl (C=O) groups is 1. The molecule has 216 valence electrons. The van der Waals surface area contributed by atoms with Crippen LogP contribution in [0.25, 0.3) is 22.0 Å². The Bertz CT molecular complexity index is 1810. The molecule has 0 saturated heterocycles. The Kier molecular flexibility index (Phi) is 8.21. The van der Waals surface area contributed by atoms with E-state index in [0.29, 0.717) is 39.8 Å². The molecule has 5 aromatic rings. The molecule has 1 N–H and O–H groups in total. The van der Waals surface area contributed by atoms with E-state index in [1.807, 2.05) is 78.9 Å². The van der Waals surface area contributed by atoms with Crippen molar-refractivity contribution in [3.05, 3.63) is 113 Å². The number of carboxylic acids is 1. The Balaban J connectivity index is 1.45. The molecule has 0 amide bonds. The molecule has 0 saturated carbocycles. The fourth-order valence-corrected chi connectivity index (χ4v) is 5.81. The summed E-state index contributed by atoms with van der Waals surface area (Å²) >= 11 is 6.63. The minimum absolute atomic E-state index is 0.116. The van der Waals surface area contributed by atoms with Crippen molar-refractivity contribution in [2.75, 3.05) is 6.79 Å². The molecule has 2 heterocycles. The molecule has 1 aliphatic heterocycles. The van der Waals surface area contributed by atoms with E-state index in [1.165, 1.54) is 0 Å². The summed E-state index contributed by atoms with van der Waals surface area (Å²) in [6.07, 6.45) is 2.69. The first-order chi connectivity index (χ1) is 21.0. The zero-order chi connectivity index (χ0) is 29.8. The van der Waals surface area contributed by atoms with Crippen molar-refractivity contribution < 1.29 is 24.1 Å². The zero-order valence-corrected chi connectivity index (χ0v) is 24.1. The van der Waals surface area contributed by atoms with Gasteiger partial charge in [-0.1, -0.05) is 72.3 Å². The van der Waals surface area contributed by atoms with Crippen LogP contribution in [0.4, 0.5) is 0 Å². The van der Waals surface area contributed by atoms with Crippen LogP contribution in [0.1, 0.15) is 53.4 Å². The summed E-state index contributed by atoms with van der Waals surface area (Å²) in [4.78, 5) is 12.9. The van der Waals surface area contributed by atoms with Crippen LogP contribution in [0.15, 0.2) is 91.0 Å². The number of carboxylic acid groups (broad SMARTS) is 1. The van der Waals surface area contributed by atoms with Crippen LogP contribution < -0.4 is 14.2 Å². The van der Waals surface area contributed by atoms with Crippen LogP contribution >= 0.6 is 11.6 Å². The third-order valence-corrected chi connectivity index (χ3v) is 7.98. The molecule has 1 aromatic heterocycles. The van der Waals surface area contributed by atoms with Gasteiger partial charge in [0, 0.05) is 34.0 Å². The smallest absolute Gasteiger partial charge is 0.353 e. The van der Waals surface area contributed by atoms with Gasteiger partial charge in [0.05, 0.1) is 12.6 Å². The number of rotatable bonds is 11. The van der Waals surface area contributed by atoms with Crippen molar-refractivity contribution in [2.45, 2.75) is 38.3 Å². The highest BCUT2D eigenvalue weighted by Gasteiger charge is 2.26. The van der Waals surface area contributed by atoms with Gasteiger partial charge in [0.15, 0.2) is 11.5 Å². The number of aromatic carboxylic acids is 1. The predicted octanol–water partition coefficient (Wildman–Crippen LogP) is 8.64. The van der Waals surface area contributed by atoms with E-state index in [2.05, 4.69) is 6.07 Å². The maximum Gasteiger partial charge on any atom is 0.353 e. The second kappa shape index (κ2) is 12.5. The molecule has 0 bridgehead atoms. The molecule has 0 fully saturated rings. The number of nitrogens with zero attached hydrogens (tertiary/aromatic N) is 2. The molecular formula is C35H29ClN2O5. The van der Waals surface area contributed by atoms with E-state index < -0.39 is 5.97 Å². The number of ether oxygens (including phenoxy) is 3. The Labute approximate surface area is 254 Å². The third kappa shape index (κ3) is 5.88. The van der Waals surface area contributed by atoms with Crippen molar-refractivity contribution in [2.24, 2.45) is 0 Å². The number of nitriles is 1. The first kappa shape index (κ1) is 28.2. The normalized spacial score (nSPS) is 12.7. The van der Waals surface area contributed by atoms with Crippen molar-refractivity contribution in [1.29, 1.82) is 5.26 Å². The summed E-state index contributed by atoms with van der Waals surface area (Å²) < 4.78 is 19.4. The Hall–Kier alpha value is -4.93. The van der Waals surface area contributed by atoms with Crippen molar-refractivity contribution in [3.8, 4) is 34.4 Å². The predicted molar refractivity (Wildman–Crippen MR) is 165 cm³/mol. The first-order valence-electron chi connectivity index (χ1n) is 14.1. The summed E-state index contributed by atoms with van der Waals surface area (Å²) in [7, 11) is 0. The summed E-state index contributed by atoms with van der Waals surface area (Å²) in [5.74, 6) is 0.730. The average molecular weight is 593 g/mol. The fourth-order valence-electron chi connectivity index (χ4n) is 5.60. The van der Waals surface area contributed by atoms with Gasteiger partial charge in [-0.25, -0.2) is 4.79 Å². The quantitative estimate of drug-likeness (QED) is 0.154. The summed E-state index contributed by atoms with van der Waals surface area (Å²) in [6, 6.07) is 31.0. The van der Waals surface area contributed by atoms with Gasteiger partial charge in [-0.3, -0.25) is 0 Å². The molecule has 8 heteroatoms. The topological polar surface area (TPSA) is 93.7 Å². The standard InChI is InChI=1S/C35H29ClN2O5/c36-28-20-32-31(41-22-42-32)18-25(28)21-38-29-16-15-26(43-30(14-8-3-9-17-37)23-10-4-1-5-11-23)19-27(29)33(34(38)35(39)40)24-12-6-2-7-13-24/h1-2,4-7,10-13,15-16,18-20,30H,3,8-9,14,21-22H2,(H,39,40). The van der Waals surface area contributed by atoms with Crippen LogP contribution in [0, 0.1) is 11.3 Å². The molecule has 1 unspecified atom stereocenters. The lowest BCUT2D eigenvalue weighted by atomic mass is 10.0. The molecule has 1 aliphatic rings. The Morgan fingerprint density at radius 2 is 1.70 bits per heavy atom. The second-order valence-electron chi connectivity index (χ2n) is 10.4. The number of unbranched alkanes of at least 4 members (excludes halogenated alkanes) is 2. The molecule has 7 nitrogen and oxygen atoms in total. The third-order valence-electron chi connectivity index (χ3n) is 7.62. The molecule has 43 heavy (non-hydrogen) atoms. The molecule has 0 aliphatic carbocycles. The van der Waals surface area contributed by atoms with Crippen LogP contribution in [-0.2, 0) is 6.54 Å². The number of hydrogen-bond acceptors (Lipinski definition) is 5. The Morgan fingerprint density at radius 3 is 2.42 bits per heavy atom. The van der Waals surface area contributed by atoms with E-state index in [1.54, 1.807) is 16.7 Å². The lowest BCUT2D eigenvalue weighted by Gasteiger charge is -2.20. The lowest BCUT2D eigenvalue weighted by Crippen LogP contribution is -2.11. The summed E-state index contributed by atoms with van der Waals surface area (Å²) in [5, 5.41) is 20.8. The molecule has 0 spiro atoms. The largest absolute Gasteiger partial charge is 0.486 e. The maximum atomic E-state index is 12.9. The highest BCUT2D eigenvalue weighted by atomic mass is 35.5. The summed E-state index contributed by atoms with van der Waals surface area (Å²) in [5.41, 5.74) is 4.05. The van der Waals surface area contributed by atoms with Gasteiger partial charge in [-0.15, -0.1) is 0 Å². The first-order valence-corrected chi connectivity index (χ1v) is 14.5. The van der Waals surface area contributed by atoms with Crippen molar-refractivity contribution >= 4 is 28.5 Å². The van der Waals surface area contributed by atoms with E-state index in [4.69, 9.17) is 31.1 Å². The number of halogens is 1. The average Bonchev–Trinajstić information content (AvgIpc) is 3.61. The number of aromatic nitrogens is 1. The minimum atomic E-state index is -1.05. The zero-order valence-electron chi connectivity index (χ0n) is 23.3. The monoisotopic (exact) mass is 592 g/mol. The van der Waals surface area contributed by atoms with Crippen molar-refractivity contribution in [1.82, 2.24) is 4.57 Å². The maximum absolute atomic E-state index is 12.9. The van der Waals surface area contributed by atoms with Gasteiger partial charge < -0.3 is 23.9 Å². The minimum Gasteiger partial charge on any atom is -0.486 e. The van der Waals surface area contributed by atoms with Crippen LogP contribution in [0.2, 0.25) is 5.02 Å². The van der Waals surface area contributed by atoms with Crippen LogP contribution in [-0.4, -0.2) is 22.4 Å². The highest BCUT2D eigenvalue weighted by molar-refractivity contribution is 6.31. The SMILES string of the molecule is N#CCCCCC(Oc1ccc2c(c1)c(-c1ccccc1)c(C(=O)O)n2Cc1cc2c(cc1Cl)OCO2)c1ccccc1. The lowest BCUT2D eigenvalue weighted by molar-refractivity contribution is 0.0687. The van der Waals surface area contributed by atoms with Crippen LogP contribution in [0.3, 0.4) is 0 Å². The highest BCUT2D eigenvalue weighted by Crippen LogP contribution is 2.41. The van der Waals surface area contributed by atoms with E-state index in [9.17, 15) is 9.90 Å². The van der Waals surface area contributed by atoms with Gasteiger partial charge >= 0.3 is 5.97 Å². The fraction of sp³-hybridized carbons (Fsp3) is 0.200. The number of benzene rings is 4. The summed E-state index contributed by atoms with van der Waals surface area (Å²) in [6.45, 7) is 0.331. The number of hydrogen-bond donors (Lipinski definition) is 1. The van der Waals surface area contributed by atoms with E-state index in [0.717, 1.165) is 41.3 Å². The molecule has 1 atom stereocenters. The Morgan fingerprint density at radius 1 is 0.977 bits per heavy atom. The number of fused-ring (bicyclic) bond motifs is 2. The van der Waals surface area contributed by atoms with Crippen molar-refractivity contribution in [3.63, 3.8) is 0 Å².